The van der Waals surface area contributed by atoms with Gasteiger partial charge in [0.25, 0.3) is 0 Å². The number of carbonyl (C=O) groups excluding carboxylic acids is 1. The normalized spacial score (nSPS) is 21.4. The highest BCUT2D eigenvalue weighted by molar-refractivity contribution is 5.84. The van der Waals surface area contributed by atoms with Crippen molar-refractivity contribution in [1.82, 2.24) is 20.2 Å². The molecule has 0 bridgehead atoms. The molecule has 0 aromatic carbocycles. The molecule has 1 aliphatic rings. The summed E-state index contributed by atoms with van der Waals surface area (Å²) in [4.78, 5) is 25.7. The van der Waals surface area contributed by atoms with Gasteiger partial charge in [-0.3, -0.25) is 0 Å². The van der Waals surface area contributed by atoms with Gasteiger partial charge in [-0.1, -0.05) is 6.92 Å². The topological polar surface area (TPSA) is 96.3 Å². The minimum absolute atomic E-state index is 0.00579. The summed E-state index contributed by atoms with van der Waals surface area (Å²) in [6, 6.07) is 0.125. The van der Waals surface area contributed by atoms with E-state index in [1.807, 2.05) is 0 Å². The van der Waals surface area contributed by atoms with Crippen molar-refractivity contribution in [2.24, 2.45) is 5.92 Å². The van der Waals surface area contributed by atoms with E-state index in [-0.39, 0.29) is 11.7 Å². The summed E-state index contributed by atoms with van der Waals surface area (Å²) in [6.07, 6.45) is 3.91. The molecule has 2 rings (SSSR count). The van der Waals surface area contributed by atoms with Crippen molar-refractivity contribution in [3.05, 3.63) is 18.2 Å². The first-order valence-electron chi connectivity index (χ1n) is 5.85. The van der Waals surface area contributed by atoms with Gasteiger partial charge >= 0.3 is 12.0 Å². The number of carboxylic acids is 1. The van der Waals surface area contributed by atoms with Crippen LogP contribution in [0.15, 0.2) is 12.5 Å². The van der Waals surface area contributed by atoms with Crippen LogP contribution < -0.4 is 10.6 Å². The van der Waals surface area contributed by atoms with E-state index in [9.17, 15) is 9.59 Å². The van der Waals surface area contributed by atoms with Crippen LogP contribution in [0.25, 0.3) is 0 Å². The predicted molar refractivity (Wildman–Crippen MR) is 63.3 cm³/mol. The van der Waals surface area contributed by atoms with Crippen molar-refractivity contribution < 1.29 is 14.7 Å². The molecule has 1 fully saturated rings. The Morgan fingerprint density at radius 2 is 2.33 bits per heavy atom. The Kier molecular flexibility index (Phi) is 3.50. The van der Waals surface area contributed by atoms with Crippen LogP contribution in [0.5, 0.6) is 0 Å². The van der Waals surface area contributed by atoms with Crippen LogP contribution in [-0.2, 0) is 6.54 Å². The van der Waals surface area contributed by atoms with E-state index in [2.05, 4.69) is 22.5 Å². The van der Waals surface area contributed by atoms with Crippen LogP contribution in [0.2, 0.25) is 0 Å². The number of hydrogen-bond acceptors (Lipinski definition) is 3. The van der Waals surface area contributed by atoms with Crippen molar-refractivity contribution in [2.75, 3.05) is 6.54 Å². The standard InChI is InChI=1S/C11H16N4O3/c1-7-4-8(7)14-11(18)12-2-3-15-5-9(10(16)17)13-6-15/h5-8H,2-4H2,1H3,(H,16,17)(H2,12,14,18). The fourth-order valence-electron chi connectivity index (χ4n) is 1.63. The molecule has 1 aliphatic carbocycles. The summed E-state index contributed by atoms with van der Waals surface area (Å²) in [6.45, 7) is 3.01. The second-order valence-electron chi connectivity index (χ2n) is 4.52. The van der Waals surface area contributed by atoms with Gasteiger partial charge in [0.05, 0.1) is 6.33 Å². The fourth-order valence-corrected chi connectivity index (χ4v) is 1.63. The maximum Gasteiger partial charge on any atom is 0.356 e. The van der Waals surface area contributed by atoms with Gasteiger partial charge in [-0.2, -0.15) is 0 Å². The molecule has 1 aromatic heterocycles. The molecule has 18 heavy (non-hydrogen) atoms. The number of nitrogens with zero attached hydrogens (tertiary/aromatic N) is 2. The van der Waals surface area contributed by atoms with Crippen molar-refractivity contribution in [3.63, 3.8) is 0 Å². The van der Waals surface area contributed by atoms with E-state index < -0.39 is 5.97 Å². The number of rotatable bonds is 5. The number of aromatic nitrogens is 2. The summed E-state index contributed by atoms with van der Waals surface area (Å²) in [7, 11) is 0. The highest BCUT2D eigenvalue weighted by Gasteiger charge is 2.33. The molecule has 2 unspecified atom stereocenters. The Labute approximate surface area is 104 Å². The van der Waals surface area contributed by atoms with Gasteiger partial charge in [0.15, 0.2) is 5.69 Å². The van der Waals surface area contributed by atoms with Crippen LogP contribution >= 0.6 is 0 Å². The van der Waals surface area contributed by atoms with E-state index in [1.54, 1.807) is 4.57 Å². The minimum Gasteiger partial charge on any atom is -0.476 e. The van der Waals surface area contributed by atoms with Gasteiger partial charge in [0, 0.05) is 25.3 Å². The molecule has 2 atom stereocenters. The second kappa shape index (κ2) is 5.07. The number of amides is 2. The third-order valence-electron chi connectivity index (χ3n) is 2.93. The summed E-state index contributed by atoms with van der Waals surface area (Å²) in [5.41, 5.74) is 0.00579. The average Bonchev–Trinajstić information content (AvgIpc) is 2.80. The quantitative estimate of drug-likeness (QED) is 0.701. The molecule has 0 saturated heterocycles. The van der Waals surface area contributed by atoms with Crippen LogP contribution in [0, 0.1) is 5.92 Å². The summed E-state index contributed by atoms with van der Waals surface area (Å²) in [5, 5.41) is 14.2. The molecule has 7 heteroatoms. The lowest BCUT2D eigenvalue weighted by atomic mass is 10.5. The summed E-state index contributed by atoms with van der Waals surface area (Å²) >= 11 is 0. The lowest BCUT2D eigenvalue weighted by Crippen LogP contribution is -2.38. The highest BCUT2D eigenvalue weighted by atomic mass is 16.4. The van der Waals surface area contributed by atoms with Crippen LogP contribution in [0.1, 0.15) is 23.8 Å². The van der Waals surface area contributed by atoms with Crippen molar-refractivity contribution >= 4 is 12.0 Å². The van der Waals surface area contributed by atoms with E-state index in [1.165, 1.54) is 12.5 Å². The van der Waals surface area contributed by atoms with Gasteiger partial charge in [-0.25, -0.2) is 14.6 Å². The maximum atomic E-state index is 11.4. The Morgan fingerprint density at radius 1 is 1.61 bits per heavy atom. The first-order chi connectivity index (χ1) is 8.56. The molecule has 7 nitrogen and oxygen atoms in total. The minimum atomic E-state index is -1.05. The molecule has 2 amide bonds. The Morgan fingerprint density at radius 3 is 2.89 bits per heavy atom. The number of aromatic carboxylic acids is 1. The smallest absolute Gasteiger partial charge is 0.356 e. The molecule has 1 heterocycles. The number of carboxylic acid groups (broad SMARTS) is 1. The third kappa shape index (κ3) is 3.22. The fraction of sp³-hybridized carbons (Fsp3) is 0.545. The van der Waals surface area contributed by atoms with Crippen LogP contribution in [-0.4, -0.2) is 39.2 Å². The van der Waals surface area contributed by atoms with Gasteiger partial charge < -0.3 is 20.3 Å². The Balaban J connectivity index is 1.67. The zero-order chi connectivity index (χ0) is 13.1. The van der Waals surface area contributed by atoms with Crippen molar-refractivity contribution in [1.29, 1.82) is 0 Å². The zero-order valence-corrected chi connectivity index (χ0v) is 10.1. The SMILES string of the molecule is CC1CC1NC(=O)NCCn1cnc(C(=O)O)c1. The van der Waals surface area contributed by atoms with Crippen LogP contribution in [0.4, 0.5) is 4.79 Å². The molecule has 0 spiro atoms. The molecule has 1 aromatic rings. The number of nitrogens with one attached hydrogen (secondary N) is 2. The average molecular weight is 252 g/mol. The van der Waals surface area contributed by atoms with Gasteiger partial charge in [0.2, 0.25) is 0 Å². The number of carbonyl (C=O) groups is 2. The zero-order valence-electron chi connectivity index (χ0n) is 10.1. The maximum absolute atomic E-state index is 11.4. The van der Waals surface area contributed by atoms with E-state index in [4.69, 9.17) is 5.11 Å². The molecule has 0 radical (unpaired) electrons. The van der Waals surface area contributed by atoms with Gasteiger partial charge in [-0.15, -0.1) is 0 Å². The Bertz CT molecular complexity index is 457. The predicted octanol–water partition coefficient (Wildman–Crippen LogP) is 0.289. The molecule has 3 N–H and O–H groups in total. The monoisotopic (exact) mass is 252 g/mol. The Hall–Kier alpha value is -2.05. The third-order valence-corrected chi connectivity index (χ3v) is 2.93. The number of hydrogen-bond donors (Lipinski definition) is 3. The second-order valence-corrected chi connectivity index (χ2v) is 4.52. The summed E-state index contributed by atoms with van der Waals surface area (Å²) < 4.78 is 1.63. The lowest BCUT2D eigenvalue weighted by molar-refractivity contribution is 0.0691. The first kappa shape index (κ1) is 12.4. The molecular weight excluding hydrogens is 236 g/mol. The number of imidazole rings is 1. The first-order valence-corrected chi connectivity index (χ1v) is 5.85. The van der Waals surface area contributed by atoms with Crippen molar-refractivity contribution in [3.8, 4) is 0 Å². The molecule has 1 saturated carbocycles. The highest BCUT2D eigenvalue weighted by Crippen LogP contribution is 2.28. The van der Waals surface area contributed by atoms with Crippen LogP contribution in [0.3, 0.4) is 0 Å². The largest absolute Gasteiger partial charge is 0.476 e. The van der Waals surface area contributed by atoms with Crippen molar-refractivity contribution in [2.45, 2.75) is 25.9 Å². The van der Waals surface area contributed by atoms with E-state index >= 15 is 0 Å². The molecule has 98 valence electrons. The summed E-state index contributed by atoms with van der Waals surface area (Å²) in [5.74, 6) is -0.482. The number of urea groups is 1. The molecular formula is C11H16N4O3. The van der Waals surface area contributed by atoms with Gasteiger partial charge in [-0.05, 0) is 12.3 Å². The lowest BCUT2D eigenvalue weighted by Gasteiger charge is -2.07. The van der Waals surface area contributed by atoms with E-state index in [0.29, 0.717) is 25.0 Å². The van der Waals surface area contributed by atoms with E-state index in [0.717, 1.165) is 6.42 Å². The molecule has 0 aliphatic heterocycles. The van der Waals surface area contributed by atoms with Gasteiger partial charge in [0.1, 0.15) is 0 Å².